The highest BCUT2D eigenvalue weighted by atomic mass is 35.5. The minimum atomic E-state index is -0.317. The Balaban J connectivity index is 1.73. The Morgan fingerprint density at radius 3 is 2.79 bits per heavy atom. The van der Waals surface area contributed by atoms with Crippen molar-refractivity contribution in [2.45, 2.75) is 27.3 Å². The van der Waals surface area contributed by atoms with Gasteiger partial charge < -0.3 is 5.32 Å². The topological polar surface area (TPSA) is 77.1 Å². The molecule has 8 heteroatoms. The molecule has 1 amide bonds. The maximum atomic E-state index is 12.7. The van der Waals surface area contributed by atoms with Crippen molar-refractivity contribution in [1.82, 2.24) is 24.4 Å². The Labute approximate surface area is 167 Å². The molecule has 0 saturated heterocycles. The number of aromatic nitrogens is 5. The summed E-state index contributed by atoms with van der Waals surface area (Å²) in [6.07, 6.45) is 3.52. The van der Waals surface area contributed by atoms with Crippen LogP contribution in [0.5, 0.6) is 0 Å². The smallest absolute Gasteiger partial charge is 0.276 e. The molecule has 0 aliphatic rings. The third-order valence-electron chi connectivity index (χ3n) is 4.72. The zero-order chi connectivity index (χ0) is 19.8. The van der Waals surface area contributed by atoms with Crippen molar-refractivity contribution in [2.75, 3.05) is 5.32 Å². The summed E-state index contributed by atoms with van der Waals surface area (Å²) in [7, 11) is 0. The summed E-state index contributed by atoms with van der Waals surface area (Å²) in [6.45, 7) is 6.74. The van der Waals surface area contributed by atoms with E-state index in [9.17, 15) is 4.79 Å². The van der Waals surface area contributed by atoms with Crippen LogP contribution in [-0.2, 0) is 6.54 Å². The number of hydrogen-bond acceptors (Lipinski definition) is 4. The second-order valence-corrected chi connectivity index (χ2v) is 6.94. The molecule has 0 atom stereocenters. The first-order chi connectivity index (χ1) is 13.5. The molecule has 28 heavy (non-hydrogen) atoms. The summed E-state index contributed by atoms with van der Waals surface area (Å²) in [4.78, 5) is 17.1. The lowest BCUT2D eigenvalue weighted by molar-refractivity contribution is 0.102. The molecule has 4 rings (SSSR count). The maximum Gasteiger partial charge on any atom is 0.276 e. The predicted octanol–water partition coefficient (Wildman–Crippen LogP) is 4.14. The van der Waals surface area contributed by atoms with Gasteiger partial charge in [0.2, 0.25) is 0 Å². The van der Waals surface area contributed by atoms with Gasteiger partial charge in [-0.05, 0) is 44.5 Å². The van der Waals surface area contributed by atoms with E-state index in [0.29, 0.717) is 16.4 Å². The van der Waals surface area contributed by atoms with E-state index in [1.54, 1.807) is 28.9 Å². The Morgan fingerprint density at radius 2 is 2.04 bits per heavy atom. The quantitative estimate of drug-likeness (QED) is 0.564. The molecule has 0 spiro atoms. The molecule has 0 saturated carbocycles. The second kappa shape index (κ2) is 7.09. The Hall–Kier alpha value is -3.19. The predicted molar refractivity (Wildman–Crippen MR) is 109 cm³/mol. The molecular formula is C20H19ClN6O. The van der Waals surface area contributed by atoms with E-state index in [0.717, 1.165) is 29.1 Å². The molecule has 0 aliphatic carbocycles. The van der Waals surface area contributed by atoms with Gasteiger partial charge in [-0.2, -0.15) is 10.2 Å². The van der Waals surface area contributed by atoms with Crippen LogP contribution in [0.4, 0.5) is 5.69 Å². The highest BCUT2D eigenvalue weighted by molar-refractivity contribution is 6.31. The van der Waals surface area contributed by atoms with Crippen molar-refractivity contribution in [2.24, 2.45) is 0 Å². The number of anilines is 1. The normalized spacial score (nSPS) is 11.1. The summed E-state index contributed by atoms with van der Waals surface area (Å²) in [5, 5.41) is 12.3. The van der Waals surface area contributed by atoms with Gasteiger partial charge >= 0.3 is 0 Å². The first-order valence-corrected chi connectivity index (χ1v) is 9.30. The fourth-order valence-electron chi connectivity index (χ4n) is 3.14. The molecule has 0 radical (unpaired) electrons. The lowest BCUT2D eigenvalue weighted by atomic mass is 10.2. The first-order valence-electron chi connectivity index (χ1n) is 8.93. The molecule has 142 valence electrons. The van der Waals surface area contributed by atoms with Gasteiger partial charge in [-0.25, -0.2) is 9.50 Å². The number of hydrogen-bond donors (Lipinski definition) is 1. The van der Waals surface area contributed by atoms with Gasteiger partial charge in [-0.1, -0.05) is 17.7 Å². The maximum absolute atomic E-state index is 12.7. The van der Waals surface area contributed by atoms with Gasteiger partial charge in [0.1, 0.15) is 0 Å². The molecule has 1 aromatic carbocycles. The molecular weight excluding hydrogens is 376 g/mol. The molecule has 4 aromatic rings. The van der Waals surface area contributed by atoms with Crippen LogP contribution in [0.1, 0.15) is 28.7 Å². The fraction of sp³-hybridized carbons (Fsp3) is 0.200. The van der Waals surface area contributed by atoms with Crippen molar-refractivity contribution in [3.05, 3.63) is 64.7 Å². The highest BCUT2D eigenvalue weighted by Gasteiger charge is 2.17. The average molecular weight is 395 g/mol. The van der Waals surface area contributed by atoms with Crippen molar-refractivity contribution < 1.29 is 4.79 Å². The number of halogens is 1. The highest BCUT2D eigenvalue weighted by Crippen LogP contribution is 2.24. The van der Waals surface area contributed by atoms with Crippen molar-refractivity contribution in [3.63, 3.8) is 0 Å². The zero-order valence-electron chi connectivity index (χ0n) is 15.8. The second-order valence-electron chi connectivity index (χ2n) is 6.50. The van der Waals surface area contributed by atoms with E-state index in [-0.39, 0.29) is 11.6 Å². The monoisotopic (exact) mass is 394 g/mol. The van der Waals surface area contributed by atoms with Gasteiger partial charge in [-0.3, -0.25) is 9.48 Å². The summed E-state index contributed by atoms with van der Waals surface area (Å²) < 4.78 is 3.59. The summed E-state index contributed by atoms with van der Waals surface area (Å²) in [6, 6.07) is 8.89. The van der Waals surface area contributed by atoms with Crippen LogP contribution in [0.2, 0.25) is 5.02 Å². The van der Waals surface area contributed by atoms with Crippen molar-refractivity contribution in [3.8, 4) is 11.3 Å². The third kappa shape index (κ3) is 3.14. The molecule has 0 bridgehead atoms. The van der Waals surface area contributed by atoms with Crippen LogP contribution >= 0.6 is 11.6 Å². The van der Waals surface area contributed by atoms with Crippen LogP contribution in [0.3, 0.4) is 0 Å². The number of rotatable bonds is 4. The Morgan fingerprint density at radius 1 is 1.21 bits per heavy atom. The number of carbonyl (C=O) groups is 1. The summed E-state index contributed by atoms with van der Waals surface area (Å²) >= 11 is 6.04. The van der Waals surface area contributed by atoms with Crippen LogP contribution < -0.4 is 5.32 Å². The van der Waals surface area contributed by atoms with E-state index >= 15 is 0 Å². The average Bonchev–Trinajstić information content (AvgIpc) is 3.28. The number of aryl methyl sites for hydroxylation is 2. The SMILES string of the molecule is CCn1ncc(-c2ccnc3cc(C(=O)Nc4cc(Cl)ccc4C)nn23)c1C. The van der Waals surface area contributed by atoms with Crippen LogP contribution in [0.25, 0.3) is 16.9 Å². The largest absolute Gasteiger partial charge is 0.320 e. The lowest BCUT2D eigenvalue weighted by Gasteiger charge is -2.07. The van der Waals surface area contributed by atoms with E-state index in [1.807, 2.05) is 43.8 Å². The number of fused-ring (bicyclic) bond motifs is 1. The molecule has 3 aromatic heterocycles. The molecule has 0 aliphatic heterocycles. The van der Waals surface area contributed by atoms with Gasteiger partial charge in [0.25, 0.3) is 5.91 Å². The number of nitrogens with one attached hydrogen (secondary N) is 1. The molecule has 1 N–H and O–H groups in total. The molecule has 3 heterocycles. The van der Waals surface area contributed by atoms with Crippen molar-refractivity contribution >= 4 is 28.8 Å². The third-order valence-corrected chi connectivity index (χ3v) is 4.95. The van der Waals surface area contributed by atoms with E-state index in [2.05, 4.69) is 20.5 Å². The van der Waals surface area contributed by atoms with Gasteiger partial charge in [0, 0.05) is 40.8 Å². The van der Waals surface area contributed by atoms with E-state index < -0.39 is 0 Å². The van der Waals surface area contributed by atoms with Crippen LogP contribution in [-0.4, -0.2) is 30.3 Å². The Bertz CT molecular complexity index is 1190. The number of carbonyl (C=O) groups excluding carboxylic acids is 1. The molecule has 7 nitrogen and oxygen atoms in total. The standard InChI is InChI=1S/C20H19ClN6O/c1-4-26-13(3)15(11-23-26)18-7-8-22-19-10-17(25-27(18)19)20(28)24-16-9-14(21)6-5-12(16)2/h5-11H,4H2,1-3H3,(H,24,28). The molecule has 0 unspecified atom stereocenters. The summed E-state index contributed by atoms with van der Waals surface area (Å²) in [5.74, 6) is -0.317. The molecule has 0 fully saturated rings. The van der Waals surface area contributed by atoms with Crippen molar-refractivity contribution in [1.29, 1.82) is 0 Å². The van der Waals surface area contributed by atoms with Gasteiger partial charge in [0.05, 0.1) is 11.9 Å². The van der Waals surface area contributed by atoms with E-state index in [4.69, 9.17) is 11.6 Å². The minimum Gasteiger partial charge on any atom is -0.320 e. The summed E-state index contributed by atoms with van der Waals surface area (Å²) in [5.41, 5.74) is 5.26. The lowest BCUT2D eigenvalue weighted by Crippen LogP contribution is -2.13. The number of amides is 1. The fourth-order valence-corrected chi connectivity index (χ4v) is 3.31. The van der Waals surface area contributed by atoms with E-state index in [1.165, 1.54) is 0 Å². The van der Waals surface area contributed by atoms with Crippen LogP contribution in [0.15, 0.2) is 42.7 Å². The Kier molecular flexibility index (Phi) is 4.60. The van der Waals surface area contributed by atoms with Gasteiger partial charge in [-0.15, -0.1) is 0 Å². The number of nitrogens with zero attached hydrogens (tertiary/aromatic N) is 5. The van der Waals surface area contributed by atoms with Crippen LogP contribution in [0, 0.1) is 13.8 Å². The number of benzene rings is 1. The zero-order valence-corrected chi connectivity index (χ0v) is 16.5. The van der Waals surface area contributed by atoms with Gasteiger partial charge in [0.15, 0.2) is 11.3 Å². The first kappa shape index (κ1) is 18.2. The minimum absolute atomic E-state index is 0.278.